The number of carbonyl (C=O) groups excluding carboxylic acids is 2. The highest BCUT2D eigenvalue weighted by atomic mass is 16.2. The number of rotatable bonds is 5. The number of amides is 3. The average Bonchev–Trinajstić information content (AvgIpc) is 2.37. The van der Waals surface area contributed by atoms with E-state index in [0.717, 1.165) is 19.3 Å². The van der Waals surface area contributed by atoms with Crippen molar-refractivity contribution in [3.05, 3.63) is 0 Å². The molecule has 0 bridgehead atoms. The molecule has 0 saturated carbocycles. The minimum Gasteiger partial charge on any atom is -0.323 e. The molecular formula is C11H20N2O2. The van der Waals surface area contributed by atoms with Crippen LogP contribution in [0.3, 0.4) is 0 Å². The van der Waals surface area contributed by atoms with Crippen LogP contribution in [0, 0.1) is 5.92 Å². The molecule has 86 valence electrons. The second-order valence-corrected chi connectivity index (χ2v) is 4.69. The van der Waals surface area contributed by atoms with E-state index in [1.54, 1.807) is 0 Å². The summed E-state index contributed by atoms with van der Waals surface area (Å²) in [6.07, 6.45) is 3.44. The average molecular weight is 212 g/mol. The van der Waals surface area contributed by atoms with Crippen LogP contribution < -0.4 is 10.6 Å². The van der Waals surface area contributed by atoms with Gasteiger partial charge in [0.15, 0.2) is 0 Å². The summed E-state index contributed by atoms with van der Waals surface area (Å²) < 4.78 is 0. The fraction of sp³-hybridized carbons (Fsp3) is 0.818. The second kappa shape index (κ2) is 4.64. The van der Waals surface area contributed by atoms with Crippen LogP contribution in [0.1, 0.15) is 46.5 Å². The number of hydrogen-bond acceptors (Lipinski definition) is 2. The van der Waals surface area contributed by atoms with Crippen LogP contribution in [0.4, 0.5) is 4.79 Å². The molecule has 1 fully saturated rings. The minimum absolute atomic E-state index is 0.158. The van der Waals surface area contributed by atoms with Crippen LogP contribution in [-0.4, -0.2) is 17.5 Å². The molecule has 1 rings (SSSR count). The zero-order valence-corrected chi connectivity index (χ0v) is 9.72. The van der Waals surface area contributed by atoms with Crippen molar-refractivity contribution in [2.75, 3.05) is 0 Å². The standard InChI is InChI=1S/C11H20N2O2/c1-4-5-6-11(7-8(2)3)9(14)12-10(15)13-11/h8H,4-7H2,1-3H3,(H2,12,13,14,15). The fourth-order valence-electron chi connectivity index (χ4n) is 2.13. The summed E-state index contributed by atoms with van der Waals surface area (Å²) in [5.41, 5.74) is -0.652. The first-order valence-electron chi connectivity index (χ1n) is 5.64. The van der Waals surface area contributed by atoms with Gasteiger partial charge in [-0.2, -0.15) is 0 Å². The molecule has 1 atom stereocenters. The molecule has 0 aliphatic carbocycles. The monoisotopic (exact) mass is 212 g/mol. The molecule has 0 aromatic rings. The van der Waals surface area contributed by atoms with Gasteiger partial charge >= 0.3 is 6.03 Å². The van der Waals surface area contributed by atoms with Crippen LogP contribution in [0.25, 0.3) is 0 Å². The summed E-state index contributed by atoms with van der Waals surface area (Å²) in [5, 5.41) is 5.12. The van der Waals surface area contributed by atoms with Gasteiger partial charge in [-0.3, -0.25) is 10.1 Å². The predicted molar refractivity (Wildman–Crippen MR) is 58.4 cm³/mol. The van der Waals surface area contributed by atoms with Crippen molar-refractivity contribution < 1.29 is 9.59 Å². The number of urea groups is 1. The van der Waals surface area contributed by atoms with Crippen LogP contribution in [0.15, 0.2) is 0 Å². The van der Waals surface area contributed by atoms with Crippen molar-refractivity contribution >= 4 is 11.9 Å². The second-order valence-electron chi connectivity index (χ2n) is 4.69. The Morgan fingerprint density at radius 3 is 2.40 bits per heavy atom. The van der Waals surface area contributed by atoms with Gasteiger partial charge in [0.25, 0.3) is 5.91 Å². The molecule has 2 N–H and O–H groups in total. The first-order chi connectivity index (χ1) is 7.00. The Balaban J connectivity index is 2.76. The topological polar surface area (TPSA) is 58.2 Å². The molecule has 0 radical (unpaired) electrons. The van der Waals surface area contributed by atoms with Crippen molar-refractivity contribution in [2.45, 2.75) is 52.0 Å². The van der Waals surface area contributed by atoms with Gasteiger partial charge in [-0.1, -0.05) is 33.6 Å². The van der Waals surface area contributed by atoms with Crippen molar-refractivity contribution in [2.24, 2.45) is 5.92 Å². The first kappa shape index (κ1) is 12.0. The molecule has 1 aliphatic rings. The SMILES string of the molecule is CCCCC1(CC(C)C)NC(=O)NC1=O. The maximum absolute atomic E-state index is 11.8. The Labute approximate surface area is 90.8 Å². The summed E-state index contributed by atoms with van der Waals surface area (Å²) in [4.78, 5) is 22.9. The van der Waals surface area contributed by atoms with E-state index in [1.165, 1.54) is 0 Å². The Kier molecular flexibility index (Phi) is 3.72. The highest BCUT2D eigenvalue weighted by molar-refractivity contribution is 6.06. The lowest BCUT2D eigenvalue weighted by molar-refractivity contribution is -0.124. The van der Waals surface area contributed by atoms with Gasteiger partial charge in [-0.05, 0) is 18.8 Å². The highest BCUT2D eigenvalue weighted by Crippen LogP contribution is 2.26. The van der Waals surface area contributed by atoms with Gasteiger partial charge in [0, 0.05) is 0 Å². The summed E-state index contributed by atoms with van der Waals surface area (Å²) in [6, 6.07) is -0.350. The summed E-state index contributed by atoms with van der Waals surface area (Å²) >= 11 is 0. The molecule has 1 unspecified atom stereocenters. The lowest BCUT2D eigenvalue weighted by atomic mass is 9.84. The predicted octanol–water partition coefficient (Wildman–Crippen LogP) is 1.80. The first-order valence-corrected chi connectivity index (χ1v) is 5.64. The van der Waals surface area contributed by atoms with Crippen LogP contribution in [0.5, 0.6) is 0 Å². The van der Waals surface area contributed by atoms with Crippen LogP contribution >= 0.6 is 0 Å². The maximum Gasteiger partial charge on any atom is 0.322 e. The van der Waals surface area contributed by atoms with E-state index in [4.69, 9.17) is 0 Å². The molecule has 1 heterocycles. The van der Waals surface area contributed by atoms with Crippen molar-refractivity contribution in [3.63, 3.8) is 0 Å². The van der Waals surface area contributed by atoms with Gasteiger partial charge in [-0.15, -0.1) is 0 Å². The van der Waals surface area contributed by atoms with E-state index in [9.17, 15) is 9.59 Å². The zero-order chi connectivity index (χ0) is 11.5. The minimum atomic E-state index is -0.652. The third-order valence-corrected chi connectivity index (χ3v) is 2.73. The van der Waals surface area contributed by atoms with E-state index in [1.807, 2.05) is 0 Å². The van der Waals surface area contributed by atoms with E-state index in [2.05, 4.69) is 31.4 Å². The maximum atomic E-state index is 11.8. The molecule has 0 aromatic heterocycles. The normalized spacial score (nSPS) is 25.6. The number of unbranched alkanes of at least 4 members (excludes halogenated alkanes) is 1. The van der Waals surface area contributed by atoms with Gasteiger partial charge in [0.05, 0.1) is 0 Å². The smallest absolute Gasteiger partial charge is 0.322 e. The Morgan fingerprint density at radius 1 is 1.33 bits per heavy atom. The number of imide groups is 1. The van der Waals surface area contributed by atoms with Gasteiger partial charge in [0.1, 0.15) is 5.54 Å². The van der Waals surface area contributed by atoms with Crippen molar-refractivity contribution in [1.29, 1.82) is 0 Å². The van der Waals surface area contributed by atoms with E-state index >= 15 is 0 Å². The molecule has 1 aliphatic heterocycles. The molecule has 0 aromatic carbocycles. The Bertz CT molecular complexity index is 263. The van der Waals surface area contributed by atoms with Crippen LogP contribution in [0.2, 0.25) is 0 Å². The molecule has 15 heavy (non-hydrogen) atoms. The number of carbonyl (C=O) groups is 2. The Morgan fingerprint density at radius 2 is 2.00 bits per heavy atom. The fourth-order valence-corrected chi connectivity index (χ4v) is 2.13. The molecule has 3 amide bonds. The van der Waals surface area contributed by atoms with Gasteiger partial charge in [0.2, 0.25) is 0 Å². The summed E-state index contributed by atoms with van der Waals surface area (Å²) in [7, 11) is 0. The third kappa shape index (κ3) is 2.70. The molecule has 1 saturated heterocycles. The summed E-state index contributed by atoms with van der Waals surface area (Å²) in [5.74, 6) is 0.237. The van der Waals surface area contributed by atoms with Crippen molar-refractivity contribution in [1.82, 2.24) is 10.6 Å². The largest absolute Gasteiger partial charge is 0.323 e. The van der Waals surface area contributed by atoms with E-state index in [0.29, 0.717) is 12.3 Å². The lowest BCUT2D eigenvalue weighted by Gasteiger charge is -2.27. The van der Waals surface area contributed by atoms with Gasteiger partial charge < -0.3 is 5.32 Å². The number of hydrogen-bond donors (Lipinski definition) is 2. The van der Waals surface area contributed by atoms with Gasteiger partial charge in [-0.25, -0.2) is 4.79 Å². The van der Waals surface area contributed by atoms with Crippen molar-refractivity contribution in [3.8, 4) is 0 Å². The molecule has 4 heteroatoms. The van der Waals surface area contributed by atoms with E-state index in [-0.39, 0.29) is 11.9 Å². The molecule has 4 nitrogen and oxygen atoms in total. The third-order valence-electron chi connectivity index (χ3n) is 2.73. The quantitative estimate of drug-likeness (QED) is 0.683. The molecule has 0 spiro atoms. The van der Waals surface area contributed by atoms with E-state index < -0.39 is 5.54 Å². The Hall–Kier alpha value is -1.06. The highest BCUT2D eigenvalue weighted by Gasteiger charge is 2.45. The summed E-state index contributed by atoms with van der Waals surface area (Å²) in [6.45, 7) is 6.20. The zero-order valence-electron chi connectivity index (χ0n) is 9.72. The van der Waals surface area contributed by atoms with Crippen LogP contribution in [-0.2, 0) is 4.79 Å². The molecular weight excluding hydrogens is 192 g/mol. The number of nitrogens with one attached hydrogen (secondary N) is 2. The lowest BCUT2D eigenvalue weighted by Crippen LogP contribution is -2.47.